The second kappa shape index (κ2) is 3.56. The third-order valence-electron chi connectivity index (χ3n) is 3.75. The highest BCUT2D eigenvalue weighted by molar-refractivity contribution is 5.16. The molecule has 1 heterocycles. The number of aliphatic hydroxyl groups is 1. The normalized spacial score (nSPS) is 47.9. The van der Waals surface area contributed by atoms with Gasteiger partial charge >= 0.3 is 0 Å². The molecule has 1 saturated heterocycles. The fourth-order valence-corrected chi connectivity index (χ4v) is 3.11. The number of fused-ring (bicyclic) bond motifs is 1. The van der Waals surface area contributed by atoms with Crippen LogP contribution in [0.4, 0.5) is 0 Å². The molecule has 0 aromatic rings. The van der Waals surface area contributed by atoms with Crippen LogP contribution in [0.3, 0.4) is 0 Å². The van der Waals surface area contributed by atoms with Crippen molar-refractivity contribution in [3.8, 4) is 12.3 Å². The number of hydrogen-bond donors (Lipinski definition) is 2. The van der Waals surface area contributed by atoms with Crippen LogP contribution in [0.15, 0.2) is 0 Å². The van der Waals surface area contributed by atoms with Crippen LogP contribution in [-0.4, -0.2) is 22.8 Å². The van der Waals surface area contributed by atoms with Crippen molar-refractivity contribution in [2.24, 2.45) is 5.92 Å². The van der Waals surface area contributed by atoms with Crippen LogP contribution in [0, 0.1) is 18.3 Å². The molecular weight excluding hydrogens is 174 g/mol. The van der Waals surface area contributed by atoms with Crippen LogP contribution in [-0.2, 0) is 0 Å². The quantitative estimate of drug-likeness (QED) is 0.568. The molecule has 0 aromatic carbocycles. The van der Waals surface area contributed by atoms with E-state index in [-0.39, 0.29) is 5.92 Å². The fourth-order valence-electron chi connectivity index (χ4n) is 3.11. The minimum atomic E-state index is -0.851. The summed E-state index contributed by atoms with van der Waals surface area (Å²) in [6.45, 7) is 2.10. The summed E-state index contributed by atoms with van der Waals surface area (Å²) < 4.78 is 0. The van der Waals surface area contributed by atoms with Gasteiger partial charge in [-0.25, -0.2) is 0 Å². The Balaban J connectivity index is 2.20. The lowest BCUT2D eigenvalue weighted by Crippen LogP contribution is -2.59. The van der Waals surface area contributed by atoms with E-state index in [1.54, 1.807) is 0 Å². The van der Waals surface area contributed by atoms with E-state index < -0.39 is 5.60 Å². The predicted octanol–water partition coefficient (Wildman–Crippen LogP) is 1.29. The zero-order valence-corrected chi connectivity index (χ0v) is 8.79. The molecular formula is C12H19NO. The van der Waals surface area contributed by atoms with Crippen molar-refractivity contribution in [1.29, 1.82) is 0 Å². The molecule has 0 spiro atoms. The molecule has 14 heavy (non-hydrogen) atoms. The largest absolute Gasteiger partial charge is 0.377 e. The van der Waals surface area contributed by atoms with Crippen LogP contribution in [0.25, 0.3) is 0 Å². The second-order valence-electron chi connectivity index (χ2n) is 4.84. The van der Waals surface area contributed by atoms with E-state index in [2.05, 4.69) is 18.2 Å². The number of hydrogen-bond acceptors (Lipinski definition) is 2. The van der Waals surface area contributed by atoms with E-state index in [1.807, 2.05) is 0 Å². The molecule has 78 valence electrons. The van der Waals surface area contributed by atoms with Crippen molar-refractivity contribution in [2.45, 2.75) is 56.7 Å². The summed E-state index contributed by atoms with van der Waals surface area (Å²) in [5, 5.41) is 13.9. The topological polar surface area (TPSA) is 32.3 Å². The summed E-state index contributed by atoms with van der Waals surface area (Å²) in [6.07, 6.45) is 10.9. The first-order valence-electron chi connectivity index (χ1n) is 5.62. The first-order chi connectivity index (χ1) is 6.65. The maximum atomic E-state index is 10.4. The third kappa shape index (κ3) is 1.55. The second-order valence-corrected chi connectivity index (χ2v) is 4.84. The lowest BCUT2D eigenvalue weighted by Gasteiger charge is -2.47. The highest BCUT2D eigenvalue weighted by atomic mass is 16.3. The van der Waals surface area contributed by atoms with Crippen molar-refractivity contribution in [1.82, 2.24) is 5.32 Å². The molecule has 1 aliphatic carbocycles. The SMILES string of the molecule is C#C[C@]1(O)C[C@@H](C)N[C@H]2CCCC[C@H]21. The van der Waals surface area contributed by atoms with Gasteiger partial charge in [0, 0.05) is 24.4 Å². The smallest absolute Gasteiger partial charge is 0.130 e. The Morgan fingerprint density at radius 3 is 2.86 bits per heavy atom. The number of piperidine rings is 1. The van der Waals surface area contributed by atoms with Gasteiger partial charge in [-0.05, 0) is 19.8 Å². The van der Waals surface area contributed by atoms with Crippen LogP contribution < -0.4 is 5.32 Å². The molecule has 0 unspecified atom stereocenters. The standard InChI is InChI=1S/C12H19NO/c1-3-12(14)8-9(2)13-11-7-5-4-6-10(11)12/h1,9-11,13-14H,4-8H2,2H3/t9-,10-,11+,12+/m1/s1. The molecule has 1 saturated carbocycles. The zero-order valence-electron chi connectivity index (χ0n) is 8.79. The maximum absolute atomic E-state index is 10.4. The lowest BCUT2D eigenvalue weighted by atomic mass is 9.69. The van der Waals surface area contributed by atoms with Crippen molar-refractivity contribution < 1.29 is 5.11 Å². The molecule has 2 fully saturated rings. The minimum Gasteiger partial charge on any atom is -0.377 e. The van der Waals surface area contributed by atoms with Gasteiger partial charge in [-0.1, -0.05) is 18.8 Å². The van der Waals surface area contributed by atoms with Gasteiger partial charge in [0.15, 0.2) is 0 Å². The van der Waals surface area contributed by atoms with Gasteiger partial charge in [-0.2, -0.15) is 0 Å². The summed E-state index contributed by atoms with van der Waals surface area (Å²) in [7, 11) is 0. The zero-order chi connectivity index (χ0) is 10.2. The maximum Gasteiger partial charge on any atom is 0.130 e. The van der Waals surface area contributed by atoms with E-state index >= 15 is 0 Å². The van der Waals surface area contributed by atoms with Gasteiger partial charge in [-0.3, -0.25) is 0 Å². The van der Waals surface area contributed by atoms with Crippen LogP contribution in [0.5, 0.6) is 0 Å². The Labute approximate surface area is 86.1 Å². The molecule has 2 aliphatic rings. The minimum absolute atomic E-state index is 0.275. The lowest BCUT2D eigenvalue weighted by molar-refractivity contribution is -0.0384. The molecule has 2 heteroatoms. The molecule has 0 bridgehead atoms. The van der Waals surface area contributed by atoms with Gasteiger partial charge in [0.2, 0.25) is 0 Å². The molecule has 0 aromatic heterocycles. The number of rotatable bonds is 0. The van der Waals surface area contributed by atoms with Crippen molar-refractivity contribution in [3.05, 3.63) is 0 Å². The van der Waals surface area contributed by atoms with E-state index in [4.69, 9.17) is 6.42 Å². The van der Waals surface area contributed by atoms with E-state index in [9.17, 15) is 5.11 Å². The molecule has 2 N–H and O–H groups in total. The Morgan fingerprint density at radius 2 is 2.14 bits per heavy atom. The van der Waals surface area contributed by atoms with E-state index in [0.29, 0.717) is 18.5 Å². The first-order valence-corrected chi connectivity index (χ1v) is 5.62. The summed E-state index contributed by atoms with van der Waals surface area (Å²) in [5.41, 5.74) is -0.851. The van der Waals surface area contributed by atoms with Crippen molar-refractivity contribution >= 4 is 0 Å². The fraction of sp³-hybridized carbons (Fsp3) is 0.833. The van der Waals surface area contributed by atoms with Crippen LogP contribution in [0.2, 0.25) is 0 Å². The van der Waals surface area contributed by atoms with Crippen molar-refractivity contribution in [2.75, 3.05) is 0 Å². The molecule has 4 atom stereocenters. The Kier molecular flexibility index (Phi) is 2.55. The first kappa shape index (κ1) is 10.0. The highest BCUT2D eigenvalue weighted by Crippen LogP contribution is 2.38. The van der Waals surface area contributed by atoms with Crippen LogP contribution >= 0.6 is 0 Å². The summed E-state index contributed by atoms with van der Waals surface area (Å²) in [5.74, 6) is 2.90. The Hall–Kier alpha value is -0.520. The average molecular weight is 193 g/mol. The van der Waals surface area contributed by atoms with E-state index in [1.165, 1.54) is 19.3 Å². The average Bonchev–Trinajstić information content (AvgIpc) is 2.17. The number of nitrogens with one attached hydrogen (secondary N) is 1. The molecule has 0 amide bonds. The van der Waals surface area contributed by atoms with E-state index in [0.717, 1.165) is 6.42 Å². The molecule has 0 radical (unpaired) electrons. The van der Waals surface area contributed by atoms with Gasteiger partial charge in [0.1, 0.15) is 5.60 Å². The monoisotopic (exact) mass is 193 g/mol. The van der Waals surface area contributed by atoms with Crippen molar-refractivity contribution in [3.63, 3.8) is 0 Å². The van der Waals surface area contributed by atoms with Gasteiger partial charge in [0.05, 0.1) is 0 Å². The van der Waals surface area contributed by atoms with Gasteiger partial charge in [-0.15, -0.1) is 6.42 Å². The Bertz CT molecular complexity index is 258. The summed E-state index contributed by atoms with van der Waals surface area (Å²) in [4.78, 5) is 0. The molecule has 2 nitrogen and oxygen atoms in total. The predicted molar refractivity (Wildman–Crippen MR) is 56.7 cm³/mol. The van der Waals surface area contributed by atoms with Gasteiger partial charge < -0.3 is 10.4 Å². The molecule has 1 aliphatic heterocycles. The third-order valence-corrected chi connectivity index (χ3v) is 3.75. The molecule has 2 rings (SSSR count). The summed E-state index contributed by atoms with van der Waals surface area (Å²) in [6, 6.07) is 0.781. The highest BCUT2D eigenvalue weighted by Gasteiger charge is 2.45. The summed E-state index contributed by atoms with van der Waals surface area (Å²) >= 11 is 0. The number of terminal acetylenes is 1. The van der Waals surface area contributed by atoms with Crippen LogP contribution in [0.1, 0.15) is 39.0 Å². The Morgan fingerprint density at radius 1 is 1.43 bits per heavy atom. The van der Waals surface area contributed by atoms with Gasteiger partial charge in [0.25, 0.3) is 0 Å².